The summed E-state index contributed by atoms with van der Waals surface area (Å²) in [5.41, 5.74) is 6.09. The van der Waals surface area contributed by atoms with Crippen LogP contribution < -0.4 is 0 Å². The van der Waals surface area contributed by atoms with E-state index >= 15 is 0 Å². The first kappa shape index (κ1) is 11.8. The number of fused-ring (bicyclic) bond motifs is 1. The minimum absolute atomic E-state index is 0.0866. The van der Waals surface area contributed by atoms with E-state index in [2.05, 4.69) is 49.4 Å². The van der Waals surface area contributed by atoms with Crippen molar-refractivity contribution in [1.29, 1.82) is 0 Å². The topological polar surface area (TPSA) is 9.23 Å². The zero-order valence-corrected chi connectivity index (χ0v) is 11.1. The summed E-state index contributed by atoms with van der Waals surface area (Å²) in [5.74, 6) is 0. The number of ether oxygens (including phenoxy) is 1. The van der Waals surface area contributed by atoms with Gasteiger partial charge in [-0.1, -0.05) is 48.0 Å². The van der Waals surface area contributed by atoms with Crippen LogP contribution in [0.1, 0.15) is 33.2 Å². The van der Waals surface area contributed by atoms with Crippen LogP contribution in [-0.2, 0) is 18.0 Å². The molecule has 18 heavy (non-hydrogen) atoms. The fraction of sp³-hybridized carbons (Fsp3) is 0.250. The van der Waals surface area contributed by atoms with E-state index in [4.69, 9.17) is 16.3 Å². The molecule has 0 N–H and O–H groups in total. The fourth-order valence-electron chi connectivity index (χ4n) is 2.28. The van der Waals surface area contributed by atoms with Crippen LogP contribution in [0.5, 0.6) is 0 Å². The monoisotopic (exact) mass is 258 g/mol. The third-order valence-corrected chi connectivity index (χ3v) is 3.91. The average Bonchev–Trinajstić information content (AvgIpc) is 2.86. The predicted molar refractivity (Wildman–Crippen MR) is 73.8 cm³/mol. The summed E-state index contributed by atoms with van der Waals surface area (Å²) in [4.78, 5) is 0. The van der Waals surface area contributed by atoms with Gasteiger partial charge in [-0.05, 0) is 29.2 Å². The molecule has 1 atom stereocenters. The molecule has 3 rings (SSSR count). The van der Waals surface area contributed by atoms with Gasteiger partial charge in [0.2, 0.25) is 0 Å². The molecule has 0 bridgehead atoms. The molecule has 92 valence electrons. The lowest BCUT2D eigenvalue weighted by molar-refractivity contribution is 0.134. The van der Waals surface area contributed by atoms with E-state index in [0.29, 0.717) is 6.61 Å². The summed E-state index contributed by atoms with van der Waals surface area (Å²) in [6.07, 6.45) is 0. The Morgan fingerprint density at radius 3 is 2.39 bits per heavy atom. The highest BCUT2D eigenvalue weighted by atomic mass is 35.5. The number of alkyl halides is 1. The van der Waals surface area contributed by atoms with Crippen molar-refractivity contribution in [3.05, 3.63) is 70.3 Å². The Kier molecular flexibility index (Phi) is 3.11. The average molecular weight is 259 g/mol. The fourth-order valence-corrected chi connectivity index (χ4v) is 2.56. The summed E-state index contributed by atoms with van der Waals surface area (Å²) >= 11 is 6.54. The highest BCUT2D eigenvalue weighted by Gasteiger charge is 2.16. The SMILES string of the molecule is Cc1ccc(C(Cl)c2ccc3c(c2)COC3)cc1. The summed E-state index contributed by atoms with van der Waals surface area (Å²) in [6, 6.07) is 14.8. The zero-order chi connectivity index (χ0) is 12.5. The minimum atomic E-state index is -0.0866. The Balaban J connectivity index is 1.92. The molecule has 0 aliphatic carbocycles. The van der Waals surface area contributed by atoms with Crippen LogP contribution in [0.25, 0.3) is 0 Å². The number of hydrogen-bond acceptors (Lipinski definition) is 1. The zero-order valence-electron chi connectivity index (χ0n) is 10.3. The molecule has 0 fully saturated rings. The Labute approximate surface area is 112 Å². The lowest BCUT2D eigenvalue weighted by Gasteiger charge is -2.12. The molecular weight excluding hydrogens is 244 g/mol. The number of aryl methyl sites for hydroxylation is 1. The van der Waals surface area contributed by atoms with Crippen LogP contribution in [0, 0.1) is 6.92 Å². The highest BCUT2D eigenvalue weighted by molar-refractivity contribution is 6.22. The van der Waals surface area contributed by atoms with Crippen molar-refractivity contribution in [3.63, 3.8) is 0 Å². The van der Waals surface area contributed by atoms with Gasteiger partial charge in [0, 0.05) is 0 Å². The van der Waals surface area contributed by atoms with Gasteiger partial charge in [0.1, 0.15) is 0 Å². The van der Waals surface area contributed by atoms with E-state index in [9.17, 15) is 0 Å². The van der Waals surface area contributed by atoms with Crippen LogP contribution in [0.4, 0.5) is 0 Å². The predicted octanol–water partition coefficient (Wildman–Crippen LogP) is 4.35. The van der Waals surface area contributed by atoms with E-state index in [1.54, 1.807) is 0 Å². The first-order valence-corrected chi connectivity index (χ1v) is 6.58. The maximum Gasteiger partial charge on any atom is 0.0835 e. The number of benzene rings is 2. The van der Waals surface area contributed by atoms with Gasteiger partial charge in [0.25, 0.3) is 0 Å². The third kappa shape index (κ3) is 2.16. The molecule has 0 saturated carbocycles. The standard InChI is InChI=1S/C16H15ClO/c1-11-2-4-12(5-3-11)16(17)13-6-7-14-9-18-10-15(14)8-13/h2-8,16H,9-10H2,1H3. The Bertz CT molecular complexity index is 560. The Morgan fingerprint density at radius 1 is 0.944 bits per heavy atom. The normalized spacial score (nSPS) is 15.4. The van der Waals surface area contributed by atoms with Crippen LogP contribution in [0.2, 0.25) is 0 Å². The van der Waals surface area contributed by atoms with Gasteiger partial charge in [0.15, 0.2) is 0 Å². The molecule has 2 heteroatoms. The molecule has 1 aliphatic heterocycles. The molecule has 0 saturated heterocycles. The van der Waals surface area contributed by atoms with Crippen molar-refractivity contribution in [2.45, 2.75) is 25.5 Å². The maximum absolute atomic E-state index is 6.54. The highest BCUT2D eigenvalue weighted by Crippen LogP contribution is 2.31. The van der Waals surface area contributed by atoms with E-state index < -0.39 is 0 Å². The van der Waals surface area contributed by atoms with Gasteiger partial charge in [-0.2, -0.15) is 0 Å². The first-order chi connectivity index (χ1) is 8.74. The van der Waals surface area contributed by atoms with E-state index in [1.165, 1.54) is 16.7 Å². The molecule has 1 unspecified atom stereocenters. The lowest BCUT2D eigenvalue weighted by Crippen LogP contribution is -1.95. The van der Waals surface area contributed by atoms with Crippen molar-refractivity contribution in [1.82, 2.24) is 0 Å². The van der Waals surface area contributed by atoms with Crippen molar-refractivity contribution < 1.29 is 4.74 Å². The van der Waals surface area contributed by atoms with Crippen molar-refractivity contribution in [2.75, 3.05) is 0 Å². The van der Waals surface area contributed by atoms with E-state index in [-0.39, 0.29) is 5.38 Å². The van der Waals surface area contributed by atoms with Gasteiger partial charge < -0.3 is 4.74 Å². The number of hydrogen-bond donors (Lipinski definition) is 0. The van der Waals surface area contributed by atoms with E-state index in [1.807, 2.05) is 0 Å². The number of halogens is 1. The van der Waals surface area contributed by atoms with Crippen LogP contribution in [-0.4, -0.2) is 0 Å². The largest absolute Gasteiger partial charge is 0.372 e. The second-order valence-electron chi connectivity index (χ2n) is 4.79. The Hall–Kier alpha value is -1.31. The second-order valence-corrected chi connectivity index (χ2v) is 5.23. The smallest absolute Gasteiger partial charge is 0.0835 e. The van der Waals surface area contributed by atoms with E-state index in [0.717, 1.165) is 17.7 Å². The second kappa shape index (κ2) is 4.75. The van der Waals surface area contributed by atoms with Crippen molar-refractivity contribution in [2.24, 2.45) is 0 Å². The quantitative estimate of drug-likeness (QED) is 0.728. The first-order valence-electron chi connectivity index (χ1n) is 6.14. The van der Waals surface area contributed by atoms with Gasteiger partial charge in [-0.15, -0.1) is 11.6 Å². The Morgan fingerprint density at radius 2 is 1.61 bits per heavy atom. The molecule has 2 aromatic rings. The molecular formula is C16H15ClO. The molecule has 1 heterocycles. The number of rotatable bonds is 2. The third-order valence-electron chi connectivity index (χ3n) is 3.41. The van der Waals surface area contributed by atoms with Crippen LogP contribution in [0.3, 0.4) is 0 Å². The molecule has 0 spiro atoms. The summed E-state index contributed by atoms with van der Waals surface area (Å²) in [7, 11) is 0. The maximum atomic E-state index is 6.54. The van der Waals surface area contributed by atoms with Gasteiger partial charge in [-0.25, -0.2) is 0 Å². The van der Waals surface area contributed by atoms with Crippen molar-refractivity contribution >= 4 is 11.6 Å². The van der Waals surface area contributed by atoms with Crippen molar-refractivity contribution in [3.8, 4) is 0 Å². The molecule has 0 amide bonds. The van der Waals surface area contributed by atoms with Crippen LogP contribution >= 0.6 is 11.6 Å². The molecule has 1 nitrogen and oxygen atoms in total. The molecule has 0 aromatic heterocycles. The summed E-state index contributed by atoms with van der Waals surface area (Å²) in [6.45, 7) is 3.52. The lowest BCUT2D eigenvalue weighted by atomic mass is 9.99. The molecule has 2 aromatic carbocycles. The summed E-state index contributed by atoms with van der Waals surface area (Å²) < 4.78 is 5.43. The van der Waals surface area contributed by atoms with Crippen LogP contribution in [0.15, 0.2) is 42.5 Å². The minimum Gasteiger partial charge on any atom is -0.372 e. The molecule has 1 aliphatic rings. The summed E-state index contributed by atoms with van der Waals surface area (Å²) in [5, 5.41) is -0.0866. The van der Waals surface area contributed by atoms with Gasteiger partial charge in [-0.3, -0.25) is 0 Å². The molecule has 0 radical (unpaired) electrons. The van der Waals surface area contributed by atoms with Gasteiger partial charge in [0.05, 0.1) is 18.6 Å². The van der Waals surface area contributed by atoms with Gasteiger partial charge >= 0.3 is 0 Å².